The highest BCUT2D eigenvalue weighted by atomic mass is 32.2. The van der Waals surface area contributed by atoms with Gasteiger partial charge in [-0.3, -0.25) is 4.79 Å². The van der Waals surface area contributed by atoms with Gasteiger partial charge in [0.1, 0.15) is 0 Å². The summed E-state index contributed by atoms with van der Waals surface area (Å²) in [6, 6.07) is 4.82. The van der Waals surface area contributed by atoms with E-state index in [4.69, 9.17) is 5.73 Å². The average Bonchev–Trinajstić information content (AvgIpc) is 3.00. The number of benzene rings is 1. The number of carbonyl (C=O) groups is 1. The first-order valence-corrected chi connectivity index (χ1v) is 10.6. The van der Waals surface area contributed by atoms with Crippen molar-refractivity contribution in [1.82, 2.24) is 4.31 Å². The molecule has 0 saturated heterocycles. The highest BCUT2D eigenvalue weighted by molar-refractivity contribution is 7.89. The molecule has 7 nitrogen and oxygen atoms in total. The van der Waals surface area contributed by atoms with Crippen LogP contribution in [0.2, 0.25) is 0 Å². The summed E-state index contributed by atoms with van der Waals surface area (Å²) in [7, 11) is -1.85. The monoisotopic (exact) mass is 382 g/mol. The summed E-state index contributed by atoms with van der Waals surface area (Å²) in [5, 5.41) is 5.85. The van der Waals surface area contributed by atoms with Crippen LogP contribution in [0.4, 0.5) is 11.4 Å². The lowest BCUT2D eigenvalue weighted by Crippen LogP contribution is -2.31. The number of carbonyl (C=O) groups excluding carboxylic acids is 1. The number of sulfonamides is 1. The average molecular weight is 383 g/mol. The highest BCUT2D eigenvalue weighted by Crippen LogP contribution is 2.30. The van der Waals surface area contributed by atoms with Crippen molar-refractivity contribution in [2.45, 2.75) is 50.5 Å². The van der Waals surface area contributed by atoms with E-state index in [0.29, 0.717) is 30.9 Å². The number of nitrogens with one attached hydrogen (secondary N) is 2. The van der Waals surface area contributed by atoms with Crippen molar-refractivity contribution in [1.29, 1.82) is 0 Å². The van der Waals surface area contributed by atoms with Gasteiger partial charge in [0, 0.05) is 32.6 Å². The Hall–Kier alpha value is -1.64. The van der Waals surface area contributed by atoms with Crippen molar-refractivity contribution in [3.05, 3.63) is 18.2 Å². The maximum absolute atomic E-state index is 12.7. The van der Waals surface area contributed by atoms with Gasteiger partial charge in [-0.2, -0.15) is 4.31 Å². The number of anilines is 2. The lowest BCUT2D eigenvalue weighted by atomic mass is 10.00. The Morgan fingerprint density at radius 3 is 2.46 bits per heavy atom. The van der Waals surface area contributed by atoms with Crippen molar-refractivity contribution < 1.29 is 13.2 Å². The second-order valence-electron chi connectivity index (χ2n) is 6.65. The first kappa shape index (κ1) is 20.7. The van der Waals surface area contributed by atoms with E-state index >= 15 is 0 Å². The molecule has 0 aliphatic heterocycles. The summed E-state index contributed by atoms with van der Waals surface area (Å²) < 4.78 is 26.9. The normalized spacial score (nSPS) is 20.3. The van der Waals surface area contributed by atoms with Crippen LogP contribution in [0.5, 0.6) is 0 Å². The van der Waals surface area contributed by atoms with Gasteiger partial charge < -0.3 is 16.4 Å². The molecule has 1 fully saturated rings. The zero-order chi connectivity index (χ0) is 19.3. The van der Waals surface area contributed by atoms with Gasteiger partial charge in [-0.25, -0.2) is 8.42 Å². The van der Waals surface area contributed by atoms with Crippen LogP contribution in [0, 0.1) is 5.92 Å². The van der Waals surface area contributed by atoms with Crippen molar-refractivity contribution in [2.24, 2.45) is 11.7 Å². The van der Waals surface area contributed by atoms with E-state index in [0.717, 1.165) is 19.3 Å². The van der Waals surface area contributed by atoms with Crippen LogP contribution >= 0.6 is 0 Å². The van der Waals surface area contributed by atoms with E-state index in [1.807, 2.05) is 0 Å². The van der Waals surface area contributed by atoms with Gasteiger partial charge in [-0.15, -0.1) is 0 Å². The Bertz CT molecular complexity index is 732. The molecule has 26 heavy (non-hydrogen) atoms. The molecule has 1 aliphatic rings. The van der Waals surface area contributed by atoms with Gasteiger partial charge in [0.05, 0.1) is 16.3 Å². The number of nitrogens with two attached hydrogens (primary N) is 1. The first-order valence-electron chi connectivity index (χ1n) is 9.20. The third kappa shape index (κ3) is 4.55. The number of nitrogens with zero attached hydrogens (tertiary/aromatic N) is 1. The first-order chi connectivity index (χ1) is 12.3. The third-order valence-corrected chi connectivity index (χ3v) is 7.09. The largest absolute Gasteiger partial charge is 0.386 e. The van der Waals surface area contributed by atoms with Crippen molar-refractivity contribution in [3.8, 4) is 0 Å². The summed E-state index contributed by atoms with van der Waals surface area (Å²) in [6.07, 6.45) is 3.33. The van der Waals surface area contributed by atoms with Gasteiger partial charge in [-0.05, 0) is 37.0 Å². The predicted molar refractivity (Wildman–Crippen MR) is 105 cm³/mol. The summed E-state index contributed by atoms with van der Waals surface area (Å²) >= 11 is 0. The van der Waals surface area contributed by atoms with Gasteiger partial charge in [0.2, 0.25) is 15.9 Å². The van der Waals surface area contributed by atoms with Crippen LogP contribution in [0.3, 0.4) is 0 Å². The van der Waals surface area contributed by atoms with Crippen LogP contribution in [0.15, 0.2) is 23.1 Å². The molecular weight excluding hydrogens is 352 g/mol. The number of hydrogen-bond donors (Lipinski definition) is 3. The fraction of sp³-hybridized carbons (Fsp3) is 0.611. The van der Waals surface area contributed by atoms with E-state index in [-0.39, 0.29) is 22.8 Å². The Morgan fingerprint density at radius 1 is 1.23 bits per heavy atom. The lowest BCUT2D eigenvalue weighted by Gasteiger charge is -2.20. The predicted octanol–water partition coefficient (Wildman–Crippen LogP) is 2.21. The molecule has 0 unspecified atom stereocenters. The molecule has 0 aromatic heterocycles. The van der Waals surface area contributed by atoms with E-state index < -0.39 is 10.0 Å². The maximum Gasteiger partial charge on any atom is 0.243 e. The molecule has 0 radical (unpaired) electrons. The van der Waals surface area contributed by atoms with Gasteiger partial charge in [0.25, 0.3) is 0 Å². The minimum atomic E-state index is -3.58. The summed E-state index contributed by atoms with van der Waals surface area (Å²) in [4.78, 5) is 12.6. The zero-order valence-corrected chi connectivity index (χ0v) is 16.6. The molecular formula is C18H30N4O3S. The minimum Gasteiger partial charge on any atom is -0.386 e. The maximum atomic E-state index is 12.7. The molecule has 146 valence electrons. The van der Waals surface area contributed by atoms with Gasteiger partial charge >= 0.3 is 0 Å². The number of hydrogen-bond acceptors (Lipinski definition) is 5. The molecule has 1 amide bonds. The second-order valence-corrected chi connectivity index (χ2v) is 8.59. The molecule has 0 spiro atoms. The molecule has 1 aliphatic carbocycles. The summed E-state index contributed by atoms with van der Waals surface area (Å²) in [6.45, 7) is 4.40. The molecule has 1 saturated carbocycles. The van der Waals surface area contributed by atoms with Crippen LogP contribution in [0.1, 0.15) is 39.5 Å². The molecule has 0 bridgehead atoms. The smallest absolute Gasteiger partial charge is 0.243 e. The Kier molecular flexibility index (Phi) is 7.02. The topological polar surface area (TPSA) is 105 Å². The molecule has 8 heteroatoms. The van der Waals surface area contributed by atoms with Crippen LogP contribution in [0.25, 0.3) is 0 Å². The number of rotatable bonds is 8. The lowest BCUT2D eigenvalue weighted by molar-refractivity contribution is -0.117. The summed E-state index contributed by atoms with van der Waals surface area (Å²) in [5.74, 6) is 0.0527. The SMILES string of the molecule is CCN(CC)S(=O)(=O)c1ccc(NC)c(NC(=O)C[C@@H]2CCC[C@H]2N)c1. The van der Waals surface area contributed by atoms with E-state index in [1.54, 1.807) is 33.0 Å². The third-order valence-electron chi connectivity index (χ3n) is 5.04. The van der Waals surface area contributed by atoms with Crippen LogP contribution in [-0.4, -0.2) is 44.8 Å². The standard InChI is InChI=1S/C18H30N4O3S/c1-4-22(5-2)26(24,25)14-9-10-16(20-3)17(12-14)21-18(23)11-13-7-6-8-15(13)19/h9-10,12-13,15,20H,4-8,11,19H2,1-3H3,(H,21,23)/t13-,15+/m0/s1. The van der Waals surface area contributed by atoms with E-state index in [1.165, 1.54) is 10.4 Å². The Balaban J connectivity index is 2.23. The zero-order valence-electron chi connectivity index (χ0n) is 15.8. The van der Waals surface area contributed by atoms with Gasteiger partial charge in [-0.1, -0.05) is 20.3 Å². The molecule has 1 aromatic rings. The molecule has 2 atom stereocenters. The quantitative estimate of drug-likeness (QED) is 0.639. The molecule has 4 N–H and O–H groups in total. The molecule has 0 heterocycles. The van der Waals surface area contributed by atoms with Gasteiger partial charge in [0.15, 0.2) is 0 Å². The van der Waals surface area contributed by atoms with E-state index in [2.05, 4.69) is 10.6 Å². The number of amides is 1. The minimum absolute atomic E-state index is 0.0684. The second kappa shape index (κ2) is 8.83. The van der Waals surface area contributed by atoms with Crippen molar-refractivity contribution in [3.63, 3.8) is 0 Å². The highest BCUT2D eigenvalue weighted by Gasteiger charge is 2.27. The summed E-state index contributed by atoms with van der Waals surface area (Å²) in [5.41, 5.74) is 7.19. The fourth-order valence-corrected chi connectivity index (χ4v) is 4.96. The molecule has 1 aromatic carbocycles. The van der Waals surface area contributed by atoms with Crippen molar-refractivity contribution in [2.75, 3.05) is 30.8 Å². The van der Waals surface area contributed by atoms with Crippen LogP contribution in [-0.2, 0) is 14.8 Å². The Morgan fingerprint density at radius 2 is 1.92 bits per heavy atom. The Labute approximate surface area is 156 Å². The molecule has 2 rings (SSSR count). The fourth-order valence-electron chi connectivity index (χ4n) is 3.48. The van der Waals surface area contributed by atoms with E-state index in [9.17, 15) is 13.2 Å². The van der Waals surface area contributed by atoms with Crippen LogP contribution < -0.4 is 16.4 Å². The van der Waals surface area contributed by atoms with Crippen molar-refractivity contribution >= 4 is 27.3 Å².